The summed E-state index contributed by atoms with van der Waals surface area (Å²) in [5, 5.41) is 2.31. The Morgan fingerprint density at radius 2 is 1.75 bits per heavy atom. The number of nitrogens with zero attached hydrogens (tertiary/aromatic N) is 2. The van der Waals surface area contributed by atoms with Crippen LogP contribution in [-0.2, 0) is 22.2 Å². The van der Waals surface area contributed by atoms with Crippen molar-refractivity contribution < 1.29 is 27.6 Å². The van der Waals surface area contributed by atoms with Gasteiger partial charge in [0.1, 0.15) is 0 Å². The molecule has 1 N–H and O–H groups in total. The number of carbonyl (C=O) groups excluding carboxylic acids is 3. The second-order valence-corrected chi connectivity index (χ2v) is 8.43. The van der Waals surface area contributed by atoms with Gasteiger partial charge in [-0.15, -0.1) is 0 Å². The van der Waals surface area contributed by atoms with Gasteiger partial charge in [-0.05, 0) is 61.6 Å². The third-order valence-electron chi connectivity index (χ3n) is 6.69. The summed E-state index contributed by atoms with van der Waals surface area (Å²) in [7, 11) is 0. The van der Waals surface area contributed by atoms with Gasteiger partial charge in [0, 0.05) is 12.2 Å². The molecule has 0 saturated carbocycles. The second-order valence-electron chi connectivity index (χ2n) is 8.43. The number of anilines is 2. The molecule has 2 aromatic carbocycles. The van der Waals surface area contributed by atoms with Gasteiger partial charge in [-0.2, -0.15) is 13.2 Å². The SMILES string of the molecule is O=C1NC(=O)[C@]2(Cc3cc(C(F)(F)F)ccc3N3CCCC[C@@H]32)C(=O)N1c1ccccc1. The van der Waals surface area contributed by atoms with Crippen LogP contribution in [0.1, 0.15) is 30.4 Å². The van der Waals surface area contributed by atoms with E-state index >= 15 is 0 Å². The topological polar surface area (TPSA) is 69.7 Å². The molecule has 0 unspecified atom stereocenters. The quantitative estimate of drug-likeness (QED) is 0.679. The molecule has 0 aliphatic carbocycles. The molecule has 5 rings (SSSR count). The first-order chi connectivity index (χ1) is 15.2. The standard InChI is InChI=1S/C23H20F3N3O3/c24-23(25,26)15-9-10-17-14(12-15)13-22(18-8-4-5-11-28(17)18)19(30)27-21(32)29(20(22)31)16-6-2-1-3-7-16/h1-3,6-7,9-10,12,18H,4-5,8,11,13H2,(H,27,30,32)/t18-,22-/m1/s1. The maximum absolute atomic E-state index is 13.9. The van der Waals surface area contributed by atoms with Crippen molar-refractivity contribution in [2.24, 2.45) is 5.41 Å². The Morgan fingerprint density at radius 3 is 2.47 bits per heavy atom. The smallest absolute Gasteiger partial charge is 0.367 e. The summed E-state index contributed by atoms with van der Waals surface area (Å²) < 4.78 is 40.2. The third kappa shape index (κ3) is 2.91. The van der Waals surface area contributed by atoms with Gasteiger partial charge in [-0.3, -0.25) is 14.9 Å². The van der Waals surface area contributed by atoms with Gasteiger partial charge in [-0.1, -0.05) is 18.2 Å². The minimum absolute atomic E-state index is 0.200. The number of alkyl halides is 3. The molecule has 2 saturated heterocycles. The fraction of sp³-hybridized carbons (Fsp3) is 0.348. The molecule has 0 bridgehead atoms. The van der Waals surface area contributed by atoms with Gasteiger partial charge in [0.25, 0.3) is 5.91 Å². The molecule has 3 aliphatic heterocycles. The van der Waals surface area contributed by atoms with Gasteiger partial charge in [-0.25, -0.2) is 9.69 Å². The Labute approximate surface area is 182 Å². The van der Waals surface area contributed by atoms with E-state index in [4.69, 9.17) is 0 Å². The summed E-state index contributed by atoms with van der Waals surface area (Å²) in [4.78, 5) is 42.6. The number of carbonyl (C=O) groups is 3. The Hall–Kier alpha value is -3.36. The Morgan fingerprint density at radius 1 is 1.00 bits per heavy atom. The number of urea groups is 1. The molecule has 2 aromatic rings. The number of fused-ring (bicyclic) bond motifs is 4. The summed E-state index contributed by atoms with van der Waals surface area (Å²) in [6.07, 6.45) is -2.65. The molecule has 32 heavy (non-hydrogen) atoms. The lowest BCUT2D eigenvalue weighted by Gasteiger charge is -2.53. The van der Waals surface area contributed by atoms with E-state index in [-0.39, 0.29) is 12.0 Å². The molecular formula is C23H20F3N3O3. The summed E-state index contributed by atoms with van der Waals surface area (Å²) in [6.45, 7) is 0.518. The molecule has 0 radical (unpaired) electrons. The van der Waals surface area contributed by atoms with Crippen molar-refractivity contribution >= 4 is 29.2 Å². The molecule has 166 valence electrons. The van der Waals surface area contributed by atoms with Crippen LogP contribution in [0.2, 0.25) is 0 Å². The molecule has 4 amide bonds. The van der Waals surface area contributed by atoms with Crippen LogP contribution in [0.4, 0.5) is 29.3 Å². The number of amides is 4. The third-order valence-corrected chi connectivity index (χ3v) is 6.69. The van der Waals surface area contributed by atoms with E-state index in [0.29, 0.717) is 24.3 Å². The molecule has 1 spiro atoms. The Balaban J connectivity index is 1.67. The summed E-state index contributed by atoms with van der Waals surface area (Å²) >= 11 is 0. The Kier molecular flexibility index (Phi) is 4.54. The number of hydrogen-bond acceptors (Lipinski definition) is 4. The molecule has 3 aliphatic rings. The summed E-state index contributed by atoms with van der Waals surface area (Å²) in [5.74, 6) is -1.45. The number of benzene rings is 2. The molecule has 0 aromatic heterocycles. The lowest BCUT2D eigenvalue weighted by atomic mass is 9.66. The highest BCUT2D eigenvalue weighted by Gasteiger charge is 2.62. The van der Waals surface area contributed by atoms with E-state index < -0.39 is 41.0 Å². The number of rotatable bonds is 1. The van der Waals surface area contributed by atoms with Crippen LogP contribution >= 0.6 is 0 Å². The lowest BCUT2D eigenvalue weighted by Crippen LogP contribution is -2.72. The van der Waals surface area contributed by atoms with Crippen LogP contribution in [-0.4, -0.2) is 30.4 Å². The van der Waals surface area contributed by atoms with Crippen molar-refractivity contribution in [3.63, 3.8) is 0 Å². The van der Waals surface area contributed by atoms with E-state index in [1.165, 1.54) is 6.07 Å². The van der Waals surface area contributed by atoms with Crippen molar-refractivity contribution in [3.8, 4) is 0 Å². The predicted molar refractivity (Wildman–Crippen MR) is 110 cm³/mol. The number of nitrogens with one attached hydrogen (secondary N) is 1. The van der Waals surface area contributed by atoms with Crippen LogP contribution in [0.25, 0.3) is 0 Å². The van der Waals surface area contributed by atoms with Gasteiger partial charge >= 0.3 is 12.2 Å². The van der Waals surface area contributed by atoms with Crippen molar-refractivity contribution in [2.75, 3.05) is 16.3 Å². The predicted octanol–water partition coefficient (Wildman–Crippen LogP) is 3.89. The largest absolute Gasteiger partial charge is 0.416 e. The van der Waals surface area contributed by atoms with Gasteiger partial charge in [0.05, 0.1) is 17.3 Å². The van der Waals surface area contributed by atoms with Crippen LogP contribution in [0.5, 0.6) is 0 Å². The molecule has 9 heteroatoms. The molecule has 3 heterocycles. The highest BCUT2D eigenvalue weighted by molar-refractivity contribution is 6.30. The molecule has 2 atom stereocenters. The van der Waals surface area contributed by atoms with Crippen molar-refractivity contribution in [2.45, 2.75) is 37.9 Å². The summed E-state index contributed by atoms with van der Waals surface area (Å²) in [5.41, 5.74) is -1.33. The van der Waals surface area contributed by atoms with E-state index in [1.807, 2.05) is 4.90 Å². The minimum atomic E-state index is -4.55. The number of barbiturate groups is 1. The van der Waals surface area contributed by atoms with Gasteiger partial charge in [0.2, 0.25) is 5.91 Å². The highest BCUT2D eigenvalue weighted by atomic mass is 19.4. The van der Waals surface area contributed by atoms with Crippen LogP contribution in [0, 0.1) is 5.41 Å². The van der Waals surface area contributed by atoms with Crippen LogP contribution < -0.4 is 15.1 Å². The number of hydrogen-bond donors (Lipinski definition) is 1. The second kappa shape index (κ2) is 7.08. The van der Waals surface area contributed by atoms with E-state index in [1.54, 1.807) is 30.3 Å². The highest BCUT2D eigenvalue weighted by Crippen LogP contribution is 2.49. The monoisotopic (exact) mass is 443 g/mol. The molecular weight excluding hydrogens is 423 g/mol. The number of imide groups is 2. The fourth-order valence-electron chi connectivity index (χ4n) is 5.25. The first kappa shape index (κ1) is 20.5. The minimum Gasteiger partial charge on any atom is -0.367 e. The molecule has 2 fully saturated rings. The molecule has 6 nitrogen and oxygen atoms in total. The average Bonchev–Trinajstić information content (AvgIpc) is 2.77. The number of halogens is 3. The van der Waals surface area contributed by atoms with Gasteiger partial charge in [0.15, 0.2) is 5.41 Å². The average molecular weight is 443 g/mol. The van der Waals surface area contributed by atoms with E-state index in [9.17, 15) is 27.6 Å². The zero-order valence-electron chi connectivity index (χ0n) is 17.0. The van der Waals surface area contributed by atoms with Crippen molar-refractivity contribution in [1.29, 1.82) is 0 Å². The lowest BCUT2D eigenvalue weighted by molar-refractivity contribution is -0.145. The van der Waals surface area contributed by atoms with Crippen molar-refractivity contribution in [1.82, 2.24) is 5.32 Å². The van der Waals surface area contributed by atoms with E-state index in [2.05, 4.69) is 5.32 Å². The van der Waals surface area contributed by atoms with Crippen LogP contribution in [0.3, 0.4) is 0 Å². The number of para-hydroxylation sites is 1. The first-order valence-corrected chi connectivity index (χ1v) is 10.5. The van der Waals surface area contributed by atoms with Crippen molar-refractivity contribution in [3.05, 3.63) is 59.7 Å². The first-order valence-electron chi connectivity index (χ1n) is 10.5. The van der Waals surface area contributed by atoms with E-state index in [0.717, 1.165) is 29.9 Å². The summed E-state index contributed by atoms with van der Waals surface area (Å²) in [6, 6.07) is 10.3. The normalized spacial score (nSPS) is 25.5. The zero-order valence-corrected chi connectivity index (χ0v) is 17.0. The van der Waals surface area contributed by atoms with Crippen LogP contribution in [0.15, 0.2) is 48.5 Å². The Bertz CT molecular complexity index is 1120. The van der Waals surface area contributed by atoms with Gasteiger partial charge < -0.3 is 4.90 Å². The maximum Gasteiger partial charge on any atom is 0.416 e. The maximum atomic E-state index is 13.9. The zero-order chi connectivity index (χ0) is 22.7. The fourth-order valence-corrected chi connectivity index (χ4v) is 5.25. The number of piperidine rings is 1.